The molecule has 0 bridgehead atoms. The maximum atomic E-state index is 2.27. The van der Waals surface area contributed by atoms with Crippen molar-refractivity contribution in [2.75, 3.05) is 0 Å². The van der Waals surface area contributed by atoms with E-state index in [9.17, 15) is 0 Å². The summed E-state index contributed by atoms with van der Waals surface area (Å²) in [6, 6.07) is 10.7. The van der Waals surface area contributed by atoms with Crippen LogP contribution in [0, 0.1) is 0 Å². The first kappa shape index (κ1) is 11.9. The molecule has 1 aromatic rings. The third-order valence-corrected chi connectivity index (χ3v) is 3.44. The van der Waals surface area contributed by atoms with Crippen molar-refractivity contribution in [1.82, 2.24) is 0 Å². The standard InChI is InChI=1S/C17H20/c1-14(13-16-9-5-3-6-10-16)15(2)17-11-7-4-8-12-17/h3-5,7-9,11-12H,6,10,13H2,1-2H3/b15-14-. The van der Waals surface area contributed by atoms with Gasteiger partial charge in [0.1, 0.15) is 0 Å². The molecule has 0 aliphatic heterocycles. The van der Waals surface area contributed by atoms with E-state index in [4.69, 9.17) is 0 Å². The molecule has 0 radical (unpaired) electrons. The first-order valence-electron chi connectivity index (χ1n) is 6.33. The van der Waals surface area contributed by atoms with Crippen LogP contribution in [-0.4, -0.2) is 0 Å². The van der Waals surface area contributed by atoms with E-state index in [2.05, 4.69) is 62.4 Å². The summed E-state index contributed by atoms with van der Waals surface area (Å²) in [4.78, 5) is 0. The van der Waals surface area contributed by atoms with Gasteiger partial charge in [-0.15, -0.1) is 0 Å². The Labute approximate surface area is 104 Å². The van der Waals surface area contributed by atoms with Gasteiger partial charge in [0, 0.05) is 0 Å². The van der Waals surface area contributed by atoms with E-state index in [0.29, 0.717) is 0 Å². The highest BCUT2D eigenvalue weighted by atomic mass is 14.1. The Kier molecular flexibility index (Phi) is 3.98. The monoisotopic (exact) mass is 224 g/mol. The summed E-state index contributed by atoms with van der Waals surface area (Å²) in [7, 11) is 0. The maximum absolute atomic E-state index is 2.27. The molecule has 0 heteroatoms. The summed E-state index contributed by atoms with van der Waals surface area (Å²) in [5.74, 6) is 0. The van der Waals surface area contributed by atoms with Crippen molar-refractivity contribution >= 4 is 5.57 Å². The molecule has 0 N–H and O–H groups in total. The molecule has 0 unspecified atom stereocenters. The van der Waals surface area contributed by atoms with Crippen LogP contribution >= 0.6 is 0 Å². The van der Waals surface area contributed by atoms with Gasteiger partial charge in [-0.05, 0) is 44.2 Å². The van der Waals surface area contributed by atoms with E-state index >= 15 is 0 Å². The molecule has 0 nitrogen and oxygen atoms in total. The van der Waals surface area contributed by atoms with Crippen molar-refractivity contribution in [3.05, 3.63) is 65.3 Å². The van der Waals surface area contributed by atoms with Crippen LogP contribution in [0.5, 0.6) is 0 Å². The van der Waals surface area contributed by atoms with Crippen LogP contribution < -0.4 is 0 Å². The molecule has 0 fully saturated rings. The Morgan fingerprint density at radius 2 is 1.88 bits per heavy atom. The average molecular weight is 224 g/mol. The molecule has 0 heterocycles. The van der Waals surface area contributed by atoms with Crippen LogP contribution in [0.25, 0.3) is 5.57 Å². The zero-order chi connectivity index (χ0) is 12.1. The van der Waals surface area contributed by atoms with E-state index in [1.165, 1.54) is 29.6 Å². The van der Waals surface area contributed by atoms with Crippen LogP contribution in [0.2, 0.25) is 0 Å². The van der Waals surface area contributed by atoms with E-state index in [0.717, 1.165) is 6.42 Å². The fourth-order valence-electron chi connectivity index (χ4n) is 2.21. The predicted octanol–water partition coefficient (Wildman–Crippen LogP) is 5.15. The zero-order valence-corrected chi connectivity index (χ0v) is 10.7. The first-order chi connectivity index (χ1) is 8.27. The molecule has 0 aromatic heterocycles. The lowest BCUT2D eigenvalue weighted by Gasteiger charge is -2.12. The van der Waals surface area contributed by atoms with Gasteiger partial charge >= 0.3 is 0 Å². The van der Waals surface area contributed by atoms with Gasteiger partial charge in [0.2, 0.25) is 0 Å². The molecule has 1 aromatic carbocycles. The largest absolute Gasteiger partial charge is 0.0842 e. The van der Waals surface area contributed by atoms with Gasteiger partial charge in [-0.3, -0.25) is 0 Å². The van der Waals surface area contributed by atoms with Gasteiger partial charge in [-0.25, -0.2) is 0 Å². The predicted molar refractivity (Wildman–Crippen MR) is 75.8 cm³/mol. The van der Waals surface area contributed by atoms with Crippen LogP contribution in [0.15, 0.2) is 59.7 Å². The Hall–Kier alpha value is -1.56. The minimum atomic E-state index is 1.12. The van der Waals surface area contributed by atoms with Gasteiger partial charge < -0.3 is 0 Å². The summed E-state index contributed by atoms with van der Waals surface area (Å²) >= 11 is 0. The Balaban J connectivity index is 2.15. The molecule has 17 heavy (non-hydrogen) atoms. The summed E-state index contributed by atoms with van der Waals surface area (Å²) in [5.41, 5.74) is 5.80. The number of allylic oxidation sites excluding steroid dienone is 6. The van der Waals surface area contributed by atoms with Gasteiger partial charge in [0.25, 0.3) is 0 Å². The van der Waals surface area contributed by atoms with E-state index in [-0.39, 0.29) is 0 Å². The summed E-state index contributed by atoms with van der Waals surface area (Å²) in [5, 5.41) is 0. The van der Waals surface area contributed by atoms with Gasteiger partial charge in [-0.2, -0.15) is 0 Å². The number of rotatable bonds is 3. The SMILES string of the molecule is C/C(CC1=CC=CCC1)=C(\C)c1ccccc1. The van der Waals surface area contributed by atoms with Crippen molar-refractivity contribution in [2.45, 2.75) is 33.1 Å². The van der Waals surface area contributed by atoms with Gasteiger partial charge in [0.15, 0.2) is 0 Å². The molecule has 0 spiro atoms. The highest BCUT2D eigenvalue weighted by molar-refractivity contribution is 5.66. The Morgan fingerprint density at radius 1 is 1.12 bits per heavy atom. The van der Waals surface area contributed by atoms with Crippen LogP contribution in [0.3, 0.4) is 0 Å². The molecule has 1 aliphatic carbocycles. The lowest BCUT2D eigenvalue weighted by molar-refractivity contribution is 0.905. The van der Waals surface area contributed by atoms with E-state index in [1.54, 1.807) is 5.57 Å². The van der Waals surface area contributed by atoms with Gasteiger partial charge in [-0.1, -0.05) is 59.7 Å². The van der Waals surface area contributed by atoms with Crippen LogP contribution in [0.4, 0.5) is 0 Å². The second-order valence-corrected chi connectivity index (χ2v) is 4.74. The molecule has 0 amide bonds. The highest BCUT2D eigenvalue weighted by Crippen LogP contribution is 2.25. The van der Waals surface area contributed by atoms with Crippen molar-refractivity contribution in [3.63, 3.8) is 0 Å². The smallest absolute Gasteiger partial charge is 0.0102 e. The zero-order valence-electron chi connectivity index (χ0n) is 10.7. The molecule has 2 rings (SSSR count). The normalized spacial score (nSPS) is 16.5. The number of hydrogen-bond acceptors (Lipinski definition) is 0. The molecule has 0 saturated carbocycles. The van der Waals surface area contributed by atoms with Crippen LogP contribution in [0.1, 0.15) is 38.7 Å². The van der Waals surface area contributed by atoms with Crippen molar-refractivity contribution in [2.24, 2.45) is 0 Å². The fraction of sp³-hybridized carbons (Fsp3) is 0.294. The number of hydrogen-bond donors (Lipinski definition) is 0. The molecular formula is C17H20. The summed E-state index contributed by atoms with van der Waals surface area (Å²) in [6.45, 7) is 4.48. The lowest BCUT2D eigenvalue weighted by atomic mass is 9.93. The molecule has 0 atom stereocenters. The molecule has 0 saturated heterocycles. The Bertz CT molecular complexity index is 458. The Morgan fingerprint density at radius 3 is 2.53 bits per heavy atom. The average Bonchev–Trinajstić information content (AvgIpc) is 2.40. The fourth-order valence-corrected chi connectivity index (χ4v) is 2.21. The third kappa shape index (κ3) is 3.20. The summed E-state index contributed by atoms with van der Waals surface area (Å²) < 4.78 is 0. The van der Waals surface area contributed by atoms with Crippen molar-refractivity contribution < 1.29 is 0 Å². The molecule has 1 aliphatic rings. The van der Waals surface area contributed by atoms with E-state index in [1.807, 2.05) is 0 Å². The minimum absolute atomic E-state index is 1.12. The van der Waals surface area contributed by atoms with Crippen LogP contribution in [-0.2, 0) is 0 Å². The summed E-state index contributed by atoms with van der Waals surface area (Å²) in [6.07, 6.45) is 10.2. The molecule has 88 valence electrons. The third-order valence-electron chi connectivity index (χ3n) is 3.44. The van der Waals surface area contributed by atoms with E-state index < -0.39 is 0 Å². The second-order valence-electron chi connectivity index (χ2n) is 4.74. The van der Waals surface area contributed by atoms with Gasteiger partial charge in [0.05, 0.1) is 0 Å². The molecular weight excluding hydrogens is 204 g/mol. The highest BCUT2D eigenvalue weighted by Gasteiger charge is 2.04. The lowest BCUT2D eigenvalue weighted by Crippen LogP contribution is -1.91. The topological polar surface area (TPSA) is 0 Å². The van der Waals surface area contributed by atoms with Crippen molar-refractivity contribution in [1.29, 1.82) is 0 Å². The quantitative estimate of drug-likeness (QED) is 0.666. The maximum Gasteiger partial charge on any atom is -0.0102 e. The second kappa shape index (κ2) is 5.67. The van der Waals surface area contributed by atoms with Crippen molar-refractivity contribution in [3.8, 4) is 0 Å². The first-order valence-corrected chi connectivity index (χ1v) is 6.33. The number of benzene rings is 1. The minimum Gasteiger partial charge on any atom is -0.0842 e.